The number of hydrogen-bond donors (Lipinski definition) is 1. The van der Waals surface area contributed by atoms with Gasteiger partial charge in [-0.25, -0.2) is 0 Å². The van der Waals surface area contributed by atoms with E-state index in [1.165, 1.54) is 5.56 Å². The minimum absolute atomic E-state index is 0.0157. The van der Waals surface area contributed by atoms with E-state index in [0.29, 0.717) is 6.54 Å². The number of likely N-dealkylation sites (N-methyl/N-ethyl adjacent to an activating group) is 1. The molecule has 0 aliphatic heterocycles. The topological polar surface area (TPSA) is 38.5 Å². The van der Waals surface area contributed by atoms with Crippen LogP contribution in [0.1, 0.15) is 26.3 Å². The second-order valence-electron chi connectivity index (χ2n) is 4.86. The molecule has 102 valence electrons. The van der Waals surface area contributed by atoms with E-state index in [-0.39, 0.29) is 5.54 Å². The van der Waals surface area contributed by atoms with E-state index >= 15 is 0 Å². The zero-order valence-corrected chi connectivity index (χ0v) is 12.1. The third-order valence-corrected chi connectivity index (χ3v) is 3.73. The lowest BCUT2D eigenvalue weighted by atomic mass is 9.90. The number of nitrogens with zero attached hydrogens (tertiary/aromatic N) is 1. The molecule has 1 atom stereocenters. The van der Waals surface area contributed by atoms with Crippen molar-refractivity contribution >= 4 is 0 Å². The van der Waals surface area contributed by atoms with Crippen LogP contribution in [0.25, 0.3) is 0 Å². The van der Waals surface area contributed by atoms with Gasteiger partial charge in [0.15, 0.2) is 0 Å². The monoisotopic (exact) mass is 250 g/mol. The Morgan fingerprint density at radius 1 is 1.22 bits per heavy atom. The lowest BCUT2D eigenvalue weighted by molar-refractivity contribution is 0.123. The smallest absolute Gasteiger partial charge is 0.122 e. The van der Waals surface area contributed by atoms with E-state index in [1.54, 1.807) is 7.11 Å². The molecule has 1 rings (SSSR count). The summed E-state index contributed by atoms with van der Waals surface area (Å²) < 4.78 is 5.42. The van der Waals surface area contributed by atoms with Gasteiger partial charge in [-0.05, 0) is 38.1 Å². The Balaban J connectivity index is 2.97. The fraction of sp³-hybridized carbons (Fsp3) is 0.600. The Kier molecular flexibility index (Phi) is 5.63. The van der Waals surface area contributed by atoms with Gasteiger partial charge in [-0.1, -0.05) is 32.0 Å². The first-order valence-electron chi connectivity index (χ1n) is 6.68. The molecule has 0 amide bonds. The maximum atomic E-state index is 6.02. The summed E-state index contributed by atoms with van der Waals surface area (Å²) in [7, 11) is 1.72. The summed E-state index contributed by atoms with van der Waals surface area (Å²) in [4.78, 5) is 2.42. The second-order valence-corrected chi connectivity index (χ2v) is 4.86. The van der Waals surface area contributed by atoms with Crippen LogP contribution in [0.15, 0.2) is 24.3 Å². The van der Waals surface area contributed by atoms with Gasteiger partial charge in [0.05, 0.1) is 7.11 Å². The normalized spacial score (nSPS) is 14.6. The van der Waals surface area contributed by atoms with E-state index in [9.17, 15) is 0 Å². The molecule has 3 heteroatoms. The van der Waals surface area contributed by atoms with Gasteiger partial charge >= 0.3 is 0 Å². The zero-order chi connectivity index (χ0) is 13.6. The van der Waals surface area contributed by atoms with Gasteiger partial charge in [-0.3, -0.25) is 4.90 Å². The van der Waals surface area contributed by atoms with Crippen LogP contribution in [-0.2, 0) is 6.42 Å². The number of nitrogens with two attached hydrogens (primary N) is 1. The van der Waals surface area contributed by atoms with Crippen molar-refractivity contribution in [2.45, 2.75) is 32.7 Å². The van der Waals surface area contributed by atoms with E-state index in [2.05, 4.69) is 37.8 Å². The standard InChI is InChI=1S/C15H26N2O/c1-5-17(6-2)15(3,12-16)11-13-9-7-8-10-14(13)18-4/h7-10H,5-6,11-12,16H2,1-4H3. The molecule has 0 heterocycles. The molecule has 1 aromatic carbocycles. The zero-order valence-electron chi connectivity index (χ0n) is 12.1. The van der Waals surface area contributed by atoms with Crippen LogP contribution < -0.4 is 10.5 Å². The molecular weight excluding hydrogens is 224 g/mol. The summed E-state index contributed by atoms with van der Waals surface area (Å²) in [6, 6.07) is 8.18. The van der Waals surface area contributed by atoms with E-state index in [1.807, 2.05) is 12.1 Å². The Morgan fingerprint density at radius 2 is 1.83 bits per heavy atom. The maximum absolute atomic E-state index is 6.02. The molecule has 0 aliphatic rings. The highest BCUT2D eigenvalue weighted by molar-refractivity contribution is 5.34. The minimum atomic E-state index is -0.0157. The third kappa shape index (κ3) is 3.24. The highest BCUT2D eigenvalue weighted by Gasteiger charge is 2.29. The van der Waals surface area contributed by atoms with Crippen molar-refractivity contribution in [2.75, 3.05) is 26.7 Å². The van der Waals surface area contributed by atoms with Crippen LogP contribution in [0.2, 0.25) is 0 Å². The molecule has 18 heavy (non-hydrogen) atoms. The van der Waals surface area contributed by atoms with Crippen molar-refractivity contribution in [3.63, 3.8) is 0 Å². The molecule has 0 aromatic heterocycles. The number of methoxy groups -OCH3 is 1. The average Bonchev–Trinajstić information content (AvgIpc) is 2.40. The van der Waals surface area contributed by atoms with Crippen molar-refractivity contribution in [3.05, 3.63) is 29.8 Å². The van der Waals surface area contributed by atoms with E-state index in [4.69, 9.17) is 10.5 Å². The number of hydrogen-bond acceptors (Lipinski definition) is 3. The van der Waals surface area contributed by atoms with Crippen LogP contribution >= 0.6 is 0 Å². The van der Waals surface area contributed by atoms with Gasteiger partial charge in [-0.15, -0.1) is 0 Å². The van der Waals surface area contributed by atoms with E-state index in [0.717, 1.165) is 25.3 Å². The van der Waals surface area contributed by atoms with Crippen molar-refractivity contribution in [1.29, 1.82) is 0 Å². The highest BCUT2D eigenvalue weighted by Crippen LogP contribution is 2.26. The largest absolute Gasteiger partial charge is 0.496 e. The third-order valence-electron chi connectivity index (χ3n) is 3.73. The first-order chi connectivity index (χ1) is 8.61. The molecule has 0 spiro atoms. The molecule has 0 fully saturated rings. The molecule has 0 bridgehead atoms. The van der Waals surface area contributed by atoms with Crippen molar-refractivity contribution in [2.24, 2.45) is 5.73 Å². The van der Waals surface area contributed by atoms with Crippen LogP contribution in [0, 0.1) is 0 Å². The van der Waals surface area contributed by atoms with Gasteiger partial charge < -0.3 is 10.5 Å². The van der Waals surface area contributed by atoms with Crippen molar-refractivity contribution in [3.8, 4) is 5.75 Å². The number of para-hydroxylation sites is 1. The molecule has 0 saturated carbocycles. The first-order valence-corrected chi connectivity index (χ1v) is 6.68. The minimum Gasteiger partial charge on any atom is -0.496 e. The van der Waals surface area contributed by atoms with Crippen LogP contribution in [0.3, 0.4) is 0 Å². The Bertz CT molecular complexity index is 363. The second kappa shape index (κ2) is 6.76. The molecule has 0 radical (unpaired) electrons. The Hall–Kier alpha value is -1.06. The molecule has 2 N–H and O–H groups in total. The predicted molar refractivity (Wildman–Crippen MR) is 77.1 cm³/mol. The van der Waals surface area contributed by atoms with E-state index < -0.39 is 0 Å². The molecule has 1 aromatic rings. The summed E-state index contributed by atoms with van der Waals surface area (Å²) in [5, 5.41) is 0. The van der Waals surface area contributed by atoms with Gasteiger partial charge in [-0.2, -0.15) is 0 Å². The fourth-order valence-electron chi connectivity index (χ4n) is 2.56. The van der Waals surface area contributed by atoms with Crippen molar-refractivity contribution in [1.82, 2.24) is 4.90 Å². The maximum Gasteiger partial charge on any atom is 0.122 e. The first kappa shape index (κ1) is 15.0. The van der Waals surface area contributed by atoms with Gasteiger partial charge in [0, 0.05) is 12.1 Å². The molecule has 0 aliphatic carbocycles. The Morgan fingerprint density at radius 3 is 2.33 bits per heavy atom. The summed E-state index contributed by atoms with van der Waals surface area (Å²) in [5.41, 5.74) is 7.22. The lowest BCUT2D eigenvalue weighted by Crippen LogP contribution is -2.53. The fourth-order valence-corrected chi connectivity index (χ4v) is 2.56. The van der Waals surface area contributed by atoms with Crippen LogP contribution in [-0.4, -0.2) is 37.2 Å². The van der Waals surface area contributed by atoms with Crippen molar-refractivity contribution < 1.29 is 4.74 Å². The number of ether oxygens (including phenoxy) is 1. The SMILES string of the molecule is CCN(CC)C(C)(CN)Cc1ccccc1OC. The highest BCUT2D eigenvalue weighted by atomic mass is 16.5. The molecule has 3 nitrogen and oxygen atoms in total. The molecule has 0 saturated heterocycles. The van der Waals surface area contributed by atoms with Crippen LogP contribution in [0.5, 0.6) is 5.75 Å². The van der Waals surface area contributed by atoms with Gasteiger partial charge in [0.1, 0.15) is 5.75 Å². The van der Waals surface area contributed by atoms with Gasteiger partial charge in [0.25, 0.3) is 0 Å². The van der Waals surface area contributed by atoms with Crippen LogP contribution in [0.4, 0.5) is 0 Å². The number of benzene rings is 1. The summed E-state index contributed by atoms with van der Waals surface area (Å²) in [6.07, 6.45) is 0.912. The predicted octanol–water partition coefficient (Wildman–Crippen LogP) is 2.30. The molecule has 1 unspecified atom stereocenters. The quantitative estimate of drug-likeness (QED) is 0.807. The Labute approximate surface area is 111 Å². The van der Waals surface area contributed by atoms with Gasteiger partial charge in [0.2, 0.25) is 0 Å². The summed E-state index contributed by atoms with van der Waals surface area (Å²) >= 11 is 0. The summed E-state index contributed by atoms with van der Waals surface area (Å²) in [5.74, 6) is 0.948. The average molecular weight is 250 g/mol. The lowest BCUT2D eigenvalue weighted by Gasteiger charge is -2.40. The molecular formula is C15H26N2O. The number of rotatable bonds is 7. The summed E-state index contributed by atoms with van der Waals surface area (Å²) in [6.45, 7) is 9.26.